The van der Waals surface area contributed by atoms with E-state index in [9.17, 15) is 19.2 Å². The molecule has 0 aliphatic rings. The topological polar surface area (TPSA) is 126 Å². The van der Waals surface area contributed by atoms with Crippen molar-refractivity contribution in [1.82, 2.24) is 14.7 Å². The summed E-state index contributed by atoms with van der Waals surface area (Å²) < 4.78 is 14.0. The number of aliphatic carboxylic acids is 1. The molecule has 0 aromatic carbocycles. The molecule has 0 aromatic rings. The number of rotatable bonds is 20. The Morgan fingerprint density at radius 2 is 0.909 bits per heavy atom. The highest BCUT2D eigenvalue weighted by Crippen LogP contribution is 2.02. The van der Waals surface area contributed by atoms with Gasteiger partial charge in [-0.1, -0.05) is 0 Å². The smallest absolute Gasteiger partial charge is 0.306 e. The van der Waals surface area contributed by atoms with Crippen molar-refractivity contribution >= 4 is 23.9 Å². The zero-order chi connectivity index (χ0) is 25.1. The Balaban J connectivity index is 4.37. The van der Waals surface area contributed by atoms with Crippen molar-refractivity contribution < 1.29 is 38.5 Å². The van der Waals surface area contributed by atoms with Gasteiger partial charge in [-0.3, -0.25) is 19.2 Å². The summed E-state index contributed by atoms with van der Waals surface area (Å²) in [7, 11) is 6.07. The van der Waals surface area contributed by atoms with Crippen molar-refractivity contribution in [3.8, 4) is 0 Å². The largest absolute Gasteiger partial charge is 0.481 e. The fraction of sp³-hybridized carbons (Fsp3) is 0.818. The molecule has 0 atom stereocenters. The molecule has 0 spiro atoms. The van der Waals surface area contributed by atoms with Gasteiger partial charge in [0.2, 0.25) is 0 Å². The van der Waals surface area contributed by atoms with Crippen LogP contribution in [0.25, 0.3) is 0 Å². The van der Waals surface area contributed by atoms with Crippen LogP contribution in [0.5, 0.6) is 0 Å². The molecule has 0 aliphatic heterocycles. The molecule has 0 bridgehead atoms. The monoisotopic (exact) mass is 475 g/mol. The van der Waals surface area contributed by atoms with Crippen molar-refractivity contribution in [1.29, 1.82) is 0 Å². The number of ether oxygens (including phenoxy) is 3. The Bertz CT molecular complexity index is 568. The van der Waals surface area contributed by atoms with Crippen LogP contribution in [0.1, 0.15) is 38.5 Å². The molecule has 0 amide bonds. The lowest BCUT2D eigenvalue weighted by molar-refractivity contribution is -0.142. The quantitative estimate of drug-likeness (QED) is 0.195. The number of methoxy groups -OCH3 is 3. The predicted molar refractivity (Wildman–Crippen MR) is 122 cm³/mol. The first-order chi connectivity index (χ1) is 15.7. The van der Waals surface area contributed by atoms with Gasteiger partial charge in [0, 0.05) is 26.2 Å². The van der Waals surface area contributed by atoms with Gasteiger partial charge in [-0.15, -0.1) is 0 Å². The lowest BCUT2D eigenvalue weighted by atomic mass is 10.2. The fourth-order valence-corrected chi connectivity index (χ4v) is 3.22. The van der Waals surface area contributed by atoms with Crippen molar-refractivity contribution in [2.24, 2.45) is 0 Å². The van der Waals surface area contributed by atoms with Gasteiger partial charge in [0.1, 0.15) is 0 Å². The molecule has 0 fully saturated rings. The van der Waals surface area contributed by atoms with E-state index < -0.39 is 5.97 Å². The van der Waals surface area contributed by atoms with E-state index in [1.807, 2.05) is 11.9 Å². The summed E-state index contributed by atoms with van der Waals surface area (Å²) in [6, 6.07) is 0. The van der Waals surface area contributed by atoms with E-state index in [-0.39, 0.29) is 43.6 Å². The van der Waals surface area contributed by atoms with Gasteiger partial charge in [-0.25, -0.2) is 0 Å². The number of nitrogens with zero attached hydrogens (tertiary/aromatic N) is 3. The molecule has 11 heteroatoms. The predicted octanol–water partition coefficient (Wildman–Crippen LogP) is 0.466. The Kier molecular flexibility index (Phi) is 17.9. The highest BCUT2D eigenvalue weighted by atomic mass is 16.5. The molecule has 0 saturated carbocycles. The Morgan fingerprint density at radius 3 is 1.21 bits per heavy atom. The molecule has 1 N–H and O–H groups in total. The summed E-state index contributed by atoms with van der Waals surface area (Å²) in [5.41, 5.74) is 0. The van der Waals surface area contributed by atoms with Gasteiger partial charge in [-0.2, -0.15) is 0 Å². The van der Waals surface area contributed by atoms with Crippen LogP contribution in [0.2, 0.25) is 0 Å². The first kappa shape index (κ1) is 30.8. The van der Waals surface area contributed by atoms with Crippen LogP contribution in [0.4, 0.5) is 0 Å². The highest BCUT2D eigenvalue weighted by molar-refractivity contribution is 5.70. The summed E-state index contributed by atoms with van der Waals surface area (Å²) in [5, 5.41) is 8.93. The van der Waals surface area contributed by atoms with Crippen LogP contribution in [0, 0.1) is 0 Å². The van der Waals surface area contributed by atoms with Crippen LogP contribution in [0.15, 0.2) is 0 Å². The minimum Gasteiger partial charge on any atom is -0.481 e. The third-order valence-corrected chi connectivity index (χ3v) is 5.25. The first-order valence-electron chi connectivity index (χ1n) is 11.3. The Hall–Kier alpha value is -2.24. The van der Waals surface area contributed by atoms with Crippen molar-refractivity contribution in [2.45, 2.75) is 38.5 Å². The van der Waals surface area contributed by atoms with Crippen molar-refractivity contribution in [3.63, 3.8) is 0 Å². The van der Waals surface area contributed by atoms with E-state index in [1.54, 1.807) is 0 Å². The van der Waals surface area contributed by atoms with E-state index in [4.69, 9.17) is 14.6 Å². The summed E-state index contributed by atoms with van der Waals surface area (Å²) in [6.07, 6.45) is 2.51. The van der Waals surface area contributed by atoms with Crippen LogP contribution in [-0.4, -0.2) is 124 Å². The van der Waals surface area contributed by atoms with Crippen molar-refractivity contribution in [2.75, 3.05) is 80.7 Å². The summed E-state index contributed by atoms with van der Waals surface area (Å²) in [4.78, 5) is 51.4. The van der Waals surface area contributed by atoms with Crippen molar-refractivity contribution in [3.05, 3.63) is 0 Å². The molecule has 0 rings (SSSR count). The standard InChI is InChI=1S/C22H41N3O8/c1-23(11-5-13-24(15-7-19(26)27)16-8-20(28)31-2)12-6-14-25(17-9-21(29)32-3)18-10-22(30)33-4/h5-18H2,1-4H3,(H,26,27). The number of carbonyl (C=O) groups excluding carboxylic acids is 3. The maximum Gasteiger partial charge on any atom is 0.306 e. The van der Waals surface area contributed by atoms with E-state index in [0.29, 0.717) is 32.7 Å². The molecule has 0 radical (unpaired) electrons. The number of carboxylic acids is 1. The molecule has 11 nitrogen and oxygen atoms in total. The highest BCUT2D eigenvalue weighted by Gasteiger charge is 2.13. The average Bonchev–Trinajstić information content (AvgIpc) is 2.80. The summed E-state index contributed by atoms with van der Waals surface area (Å²) >= 11 is 0. The third kappa shape index (κ3) is 17.9. The molecule has 33 heavy (non-hydrogen) atoms. The number of hydrogen-bond donors (Lipinski definition) is 1. The third-order valence-electron chi connectivity index (χ3n) is 5.25. The molecule has 0 aromatic heterocycles. The first-order valence-corrected chi connectivity index (χ1v) is 11.3. The van der Waals surface area contributed by atoms with Gasteiger partial charge in [0.15, 0.2) is 0 Å². The lowest BCUT2D eigenvalue weighted by Crippen LogP contribution is -2.34. The van der Waals surface area contributed by atoms with Crippen LogP contribution >= 0.6 is 0 Å². The normalized spacial score (nSPS) is 11.1. The van der Waals surface area contributed by atoms with E-state index >= 15 is 0 Å². The van der Waals surface area contributed by atoms with Gasteiger partial charge >= 0.3 is 23.9 Å². The zero-order valence-corrected chi connectivity index (χ0v) is 20.5. The molecule has 192 valence electrons. The second-order valence-corrected chi connectivity index (χ2v) is 7.82. The second kappa shape index (κ2) is 19.2. The minimum absolute atomic E-state index is 0.0317. The zero-order valence-electron chi connectivity index (χ0n) is 20.5. The van der Waals surface area contributed by atoms with Crippen LogP contribution in [-0.2, 0) is 33.4 Å². The maximum absolute atomic E-state index is 11.4. The van der Waals surface area contributed by atoms with E-state index in [1.165, 1.54) is 21.3 Å². The summed E-state index contributed by atoms with van der Waals surface area (Å²) in [6.45, 7) is 5.00. The molecular formula is C22H41N3O8. The lowest BCUT2D eigenvalue weighted by Gasteiger charge is -2.25. The Labute approximate surface area is 196 Å². The molecule has 0 aliphatic carbocycles. The number of carbonyl (C=O) groups is 4. The van der Waals surface area contributed by atoms with Gasteiger partial charge in [0.25, 0.3) is 0 Å². The molecule has 0 heterocycles. The number of hydrogen-bond acceptors (Lipinski definition) is 10. The summed E-state index contributed by atoms with van der Waals surface area (Å²) in [5.74, 6) is -1.74. The van der Waals surface area contributed by atoms with E-state index in [2.05, 4.69) is 14.5 Å². The van der Waals surface area contributed by atoms with E-state index in [0.717, 1.165) is 32.5 Å². The second-order valence-electron chi connectivity index (χ2n) is 7.82. The van der Waals surface area contributed by atoms with Gasteiger partial charge in [-0.05, 0) is 46.1 Å². The molecular weight excluding hydrogens is 434 g/mol. The SMILES string of the molecule is COC(=O)CCN(CCCN(C)CCCN(CCC(=O)OC)CCC(=O)OC)CCC(=O)O. The Morgan fingerprint density at radius 1 is 0.576 bits per heavy atom. The number of carboxylic acid groups (broad SMARTS) is 1. The number of esters is 3. The maximum atomic E-state index is 11.4. The fourth-order valence-electron chi connectivity index (χ4n) is 3.22. The molecule has 0 saturated heterocycles. The molecule has 0 unspecified atom stereocenters. The average molecular weight is 476 g/mol. The van der Waals surface area contributed by atoms with Crippen LogP contribution in [0.3, 0.4) is 0 Å². The van der Waals surface area contributed by atoms with Gasteiger partial charge in [0.05, 0.1) is 47.0 Å². The minimum atomic E-state index is -0.862. The van der Waals surface area contributed by atoms with Gasteiger partial charge < -0.3 is 34.0 Å². The van der Waals surface area contributed by atoms with Crippen LogP contribution < -0.4 is 0 Å².